The number of carbonyl (C=O) groups is 1. The van der Waals surface area contributed by atoms with Crippen molar-refractivity contribution in [3.63, 3.8) is 0 Å². The summed E-state index contributed by atoms with van der Waals surface area (Å²) < 4.78 is 10.1. The molecular formula is C8H21N2O5P. The van der Waals surface area contributed by atoms with Gasteiger partial charge in [0.2, 0.25) is 0 Å². The van der Waals surface area contributed by atoms with Gasteiger partial charge in [0.15, 0.2) is 0 Å². The lowest BCUT2D eigenvalue weighted by Gasteiger charge is -2.02. The van der Waals surface area contributed by atoms with Crippen molar-refractivity contribution in [1.29, 1.82) is 0 Å². The molecule has 0 aliphatic carbocycles. The molecule has 7 nitrogen and oxygen atoms in total. The summed E-state index contributed by atoms with van der Waals surface area (Å²) in [4.78, 5) is 26.1. The Kier molecular flexibility index (Phi) is 12.4. The van der Waals surface area contributed by atoms with Crippen LogP contribution in [0.15, 0.2) is 0 Å². The zero-order valence-electron chi connectivity index (χ0n) is 9.64. The number of nitrogens with one attached hydrogen (secondary N) is 2. The van der Waals surface area contributed by atoms with Crippen molar-refractivity contribution in [3.05, 3.63) is 0 Å². The number of rotatable bonds is 7. The summed E-state index contributed by atoms with van der Waals surface area (Å²) in [5.74, 6) is -1.14. The molecule has 0 spiro atoms. The predicted molar refractivity (Wildman–Crippen MR) is 61.4 cm³/mol. The Labute approximate surface area is 95.4 Å². The minimum absolute atomic E-state index is 0.439. The fraction of sp³-hybridized carbons (Fsp3) is 0.875. The Morgan fingerprint density at radius 2 is 1.94 bits per heavy atom. The van der Waals surface area contributed by atoms with E-state index in [1.807, 2.05) is 7.05 Å². The Morgan fingerprint density at radius 1 is 1.38 bits per heavy atom. The second kappa shape index (κ2) is 11.0. The van der Waals surface area contributed by atoms with E-state index in [1.165, 1.54) is 12.8 Å². The average molecular weight is 256 g/mol. The van der Waals surface area contributed by atoms with Crippen LogP contribution in [0.2, 0.25) is 0 Å². The van der Waals surface area contributed by atoms with Gasteiger partial charge in [-0.05, 0) is 20.0 Å². The monoisotopic (exact) mass is 256 g/mol. The van der Waals surface area contributed by atoms with Gasteiger partial charge in [-0.3, -0.25) is 14.7 Å². The van der Waals surface area contributed by atoms with Crippen LogP contribution in [0.3, 0.4) is 0 Å². The first kappa shape index (κ1) is 17.9. The van der Waals surface area contributed by atoms with E-state index in [1.54, 1.807) is 0 Å². The standard InChI is InChI=1S/C5H13N.C3H8NO5P/c1-3-4-5-6-2;5-3(6)1-4-2-10(7,8)9/h6H,3-5H2,1-2H3;4H,1-2H2,(H,5,6)(H2,7,8,9). The van der Waals surface area contributed by atoms with E-state index in [9.17, 15) is 9.36 Å². The Bertz CT molecular complexity index is 214. The van der Waals surface area contributed by atoms with Gasteiger partial charge in [0.05, 0.1) is 12.8 Å². The highest BCUT2D eigenvalue weighted by atomic mass is 31.2. The molecule has 0 aliphatic heterocycles. The molecular weight excluding hydrogens is 235 g/mol. The number of carboxylic acid groups (broad SMARTS) is 1. The van der Waals surface area contributed by atoms with Gasteiger partial charge in [0, 0.05) is 0 Å². The highest BCUT2D eigenvalue weighted by Crippen LogP contribution is 2.31. The summed E-state index contributed by atoms with van der Waals surface area (Å²) >= 11 is 0. The molecule has 16 heavy (non-hydrogen) atoms. The number of aliphatic carboxylic acids is 1. The molecule has 98 valence electrons. The van der Waals surface area contributed by atoms with Crippen LogP contribution in [0, 0.1) is 0 Å². The van der Waals surface area contributed by atoms with Crippen LogP contribution < -0.4 is 10.6 Å². The first-order valence-corrected chi connectivity index (χ1v) is 6.75. The molecule has 0 bridgehead atoms. The molecule has 0 aromatic heterocycles. The average Bonchev–Trinajstić information content (AvgIpc) is 2.13. The Morgan fingerprint density at radius 3 is 2.19 bits per heavy atom. The molecule has 0 aliphatic rings. The van der Waals surface area contributed by atoms with E-state index in [-0.39, 0.29) is 0 Å². The largest absolute Gasteiger partial charge is 0.480 e. The van der Waals surface area contributed by atoms with Gasteiger partial charge in [-0.15, -0.1) is 0 Å². The third kappa shape index (κ3) is 23.4. The summed E-state index contributed by atoms with van der Waals surface area (Å²) in [5, 5.41) is 13.1. The second-order valence-electron chi connectivity index (χ2n) is 3.10. The zero-order valence-corrected chi connectivity index (χ0v) is 10.5. The first-order chi connectivity index (χ1) is 7.33. The SMILES string of the molecule is CCCCNC.O=C(O)CNCP(=O)(O)O. The molecule has 0 aromatic carbocycles. The summed E-state index contributed by atoms with van der Waals surface area (Å²) in [7, 11) is -2.11. The molecule has 0 heterocycles. The van der Waals surface area contributed by atoms with Gasteiger partial charge in [0.25, 0.3) is 0 Å². The molecule has 0 saturated carbocycles. The highest BCUT2D eigenvalue weighted by molar-refractivity contribution is 7.51. The van der Waals surface area contributed by atoms with E-state index < -0.39 is 26.4 Å². The van der Waals surface area contributed by atoms with Crippen LogP contribution in [0.4, 0.5) is 0 Å². The molecule has 0 saturated heterocycles. The topological polar surface area (TPSA) is 119 Å². The van der Waals surface area contributed by atoms with Crippen molar-refractivity contribution in [2.75, 3.05) is 26.4 Å². The zero-order chi connectivity index (χ0) is 13.0. The van der Waals surface area contributed by atoms with E-state index in [2.05, 4.69) is 17.6 Å². The maximum Gasteiger partial charge on any atom is 0.339 e. The number of unbranched alkanes of at least 4 members (excludes halogenated alkanes) is 1. The van der Waals surface area contributed by atoms with Gasteiger partial charge in [-0.2, -0.15) is 0 Å². The van der Waals surface area contributed by atoms with Gasteiger partial charge in [-0.1, -0.05) is 13.3 Å². The predicted octanol–water partition coefficient (Wildman–Crippen LogP) is -0.198. The van der Waals surface area contributed by atoms with Crippen LogP contribution >= 0.6 is 7.60 Å². The van der Waals surface area contributed by atoms with Crippen molar-refractivity contribution >= 4 is 13.6 Å². The normalized spacial score (nSPS) is 10.5. The third-order valence-corrected chi connectivity index (χ3v) is 2.01. The van der Waals surface area contributed by atoms with Gasteiger partial charge >= 0.3 is 13.6 Å². The van der Waals surface area contributed by atoms with E-state index >= 15 is 0 Å². The molecule has 0 amide bonds. The van der Waals surface area contributed by atoms with E-state index in [0.717, 1.165) is 6.54 Å². The van der Waals surface area contributed by atoms with Crippen LogP contribution in [0.1, 0.15) is 19.8 Å². The van der Waals surface area contributed by atoms with Gasteiger partial charge in [-0.25, -0.2) is 0 Å². The van der Waals surface area contributed by atoms with E-state index in [0.29, 0.717) is 0 Å². The second-order valence-corrected chi connectivity index (χ2v) is 4.75. The first-order valence-electron chi connectivity index (χ1n) is 4.95. The molecule has 5 N–H and O–H groups in total. The van der Waals surface area contributed by atoms with Crippen LogP contribution in [0.25, 0.3) is 0 Å². The molecule has 8 heteroatoms. The summed E-state index contributed by atoms with van der Waals surface area (Å²) in [5.41, 5.74) is 0. The molecule has 0 rings (SSSR count). The molecule has 0 unspecified atom stereocenters. The quantitative estimate of drug-likeness (QED) is 0.316. The van der Waals surface area contributed by atoms with Crippen molar-refractivity contribution in [3.8, 4) is 0 Å². The van der Waals surface area contributed by atoms with Gasteiger partial charge in [0.1, 0.15) is 0 Å². The van der Waals surface area contributed by atoms with Crippen LogP contribution in [-0.2, 0) is 9.36 Å². The van der Waals surface area contributed by atoms with E-state index in [4.69, 9.17) is 14.9 Å². The Hall–Kier alpha value is -0.460. The van der Waals surface area contributed by atoms with Crippen molar-refractivity contribution in [2.45, 2.75) is 19.8 Å². The molecule has 0 atom stereocenters. The number of hydrogen-bond donors (Lipinski definition) is 5. The maximum absolute atomic E-state index is 10.1. The van der Waals surface area contributed by atoms with Crippen molar-refractivity contribution in [2.24, 2.45) is 0 Å². The Balaban J connectivity index is 0. The van der Waals surface area contributed by atoms with Crippen molar-refractivity contribution in [1.82, 2.24) is 10.6 Å². The van der Waals surface area contributed by atoms with Gasteiger partial charge < -0.3 is 20.2 Å². The summed E-state index contributed by atoms with van der Waals surface area (Å²) in [6, 6.07) is 0. The highest BCUT2D eigenvalue weighted by Gasteiger charge is 2.11. The number of hydrogen-bond acceptors (Lipinski definition) is 4. The fourth-order valence-electron chi connectivity index (χ4n) is 0.662. The number of carboxylic acids is 1. The van der Waals surface area contributed by atoms with Crippen LogP contribution in [-0.4, -0.2) is 47.3 Å². The molecule has 0 aromatic rings. The third-order valence-electron chi connectivity index (χ3n) is 1.37. The lowest BCUT2D eigenvalue weighted by atomic mass is 10.3. The van der Waals surface area contributed by atoms with Crippen LogP contribution in [0.5, 0.6) is 0 Å². The molecule has 0 radical (unpaired) electrons. The molecule has 0 fully saturated rings. The smallest absolute Gasteiger partial charge is 0.339 e. The lowest BCUT2D eigenvalue weighted by molar-refractivity contribution is -0.135. The van der Waals surface area contributed by atoms with Crippen molar-refractivity contribution < 1.29 is 24.3 Å². The minimum atomic E-state index is -4.10. The summed E-state index contributed by atoms with van der Waals surface area (Å²) in [6.07, 6.45) is 2.00. The maximum atomic E-state index is 10.1. The minimum Gasteiger partial charge on any atom is -0.480 e. The lowest BCUT2D eigenvalue weighted by Crippen LogP contribution is -2.23. The fourth-order valence-corrected chi connectivity index (χ4v) is 1.07. The summed E-state index contributed by atoms with van der Waals surface area (Å²) in [6.45, 7) is 2.92.